The Bertz CT molecular complexity index is 499. The van der Waals surface area contributed by atoms with Crippen LogP contribution in [-0.4, -0.2) is 20.4 Å². The SMILES string of the molecule is CNS(=O)(=O)NCc1ccc2c(n1)CCCC2. The molecule has 1 aromatic heterocycles. The van der Waals surface area contributed by atoms with Gasteiger partial charge in [0.15, 0.2) is 0 Å². The normalized spacial score (nSPS) is 15.6. The Morgan fingerprint density at radius 3 is 2.82 bits per heavy atom. The van der Waals surface area contributed by atoms with Gasteiger partial charge in [-0.2, -0.15) is 13.1 Å². The summed E-state index contributed by atoms with van der Waals surface area (Å²) in [5.41, 5.74) is 3.19. The summed E-state index contributed by atoms with van der Waals surface area (Å²) in [6.07, 6.45) is 4.49. The Labute approximate surface area is 102 Å². The maximum absolute atomic E-state index is 11.2. The van der Waals surface area contributed by atoms with Crippen LogP contribution in [0.3, 0.4) is 0 Å². The van der Waals surface area contributed by atoms with Crippen LogP contribution in [0.1, 0.15) is 29.8 Å². The summed E-state index contributed by atoms with van der Waals surface area (Å²) < 4.78 is 27.1. The van der Waals surface area contributed by atoms with Gasteiger partial charge in [0.05, 0.1) is 12.2 Å². The van der Waals surface area contributed by atoms with Gasteiger partial charge in [-0.1, -0.05) is 6.07 Å². The molecular weight excluding hydrogens is 238 g/mol. The number of aryl methyl sites for hydroxylation is 2. The second-order valence-corrected chi connectivity index (χ2v) is 5.85. The summed E-state index contributed by atoms with van der Waals surface area (Å²) >= 11 is 0. The van der Waals surface area contributed by atoms with Crippen molar-refractivity contribution in [2.75, 3.05) is 7.05 Å². The van der Waals surface area contributed by atoms with Gasteiger partial charge in [-0.15, -0.1) is 0 Å². The van der Waals surface area contributed by atoms with Gasteiger partial charge in [-0.25, -0.2) is 4.72 Å². The first-order chi connectivity index (χ1) is 8.11. The highest BCUT2D eigenvalue weighted by Gasteiger charge is 2.12. The van der Waals surface area contributed by atoms with Crippen molar-refractivity contribution in [3.8, 4) is 0 Å². The van der Waals surface area contributed by atoms with Gasteiger partial charge in [0.2, 0.25) is 0 Å². The van der Waals surface area contributed by atoms with E-state index in [0.29, 0.717) is 0 Å². The third-order valence-corrected chi connectivity index (χ3v) is 4.01. The number of aromatic nitrogens is 1. The zero-order chi connectivity index (χ0) is 12.3. The Morgan fingerprint density at radius 2 is 2.06 bits per heavy atom. The van der Waals surface area contributed by atoms with Gasteiger partial charge in [-0.3, -0.25) is 4.98 Å². The predicted molar refractivity (Wildman–Crippen MR) is 65.7 cm³/mol. The molecule has 1 aliphatic carbocycles. The van der Waals surface area contributed by atoms with Crippen LogP contribution in [0.4, 0.5) is 0 Å². The molecule has 6 heteroatoms. The van der Waals surface area contributed by atoms with E-state index in [1.54, 1.807) is 0 Å². The van der Waals surface area contributed by atoms with Crippen LogP contribution in [0, 0.1) is 0 Å². The lowest BCUT2D eigenvalue weighted by molar-refractivity contribution is 0.571. The van der Waals surface area contributed by atoms with Gasteiger partial charge in [0, 0.05) is 12.7 Å². The number of fused-ring (bicyclic) bond motifs is 1. The van der Waals surface area contributed by atoms with E-state index in [0.717, 1.165) is 24.2 Å². The molecule has 5 nitrogen and oxygen atoms in total. The van der Waals surface area contributed by atoms with Crippen LogP contribution < -0.4 is 9.44 Å². The van der Waals surface area contributed by atoms with Crippen molar-refractivity contribution in [2.45, 2.75) is 32.2 Å². The lowest BCUT2D eigenvalue weighted by atomic mass is 9.96. The van der Waals surface area contributed by atoms with Gasteiger partial charge < -0.3 is 0 Å². The van der Waals surface area contributed by atoms with Crippen molar-refractivity contribution in [1.29, 1.82) is 0 Å². The molecule has 0 atom stereocenters. The molecule has 0 amide bonds. The average molecular weight is 255 g/mol. The van der Waals surface area contributed by atoms with Crippen molar-refractivity contribution >= 4 is 10.2 Å². The van der Waals surface area contributed by atoms with Crippen LogP contribution >= 0.6 is 0 Å². The molecule has 0 aliphatic heterocycles. The maximum atomic E-state index is 11.2. The van der Waals surface area contributed by atoms with Crippen LogP contribution in [0.5, 0.6) is 0 Å². The molecule has 0 radical (unpaired) electrons. The largest absolute Gasteiger partial charge is 0.277 e. The van der Waals surface area contributed by atoms with Crippen molar-refractivity contribution in [2.24, 2.45) is 0 Å². The third kappa shape index (κ3) is 3.24. The molecule has 17 heavy (non-hydrogen) atoms. The van der Waals surface area contributed by atoms with E-state index in [1.165, 1.54) is 25.5 Å². The van der Waals surface area contributed by atoms with Crippen LogP contribution in [0.2, 0.25) is 0 Å². The summed E-state index contributed by atoms with van der Waals surface area (Å²) in [6, 6.07) is 3.95. The molecule has 0 spiro atoms. The first kappa shape index (κ1) is 12.5. The van der Waals surface area contributed by atoms with Crippen molar-refractivity contribution in [1.82, 2.24) is 14.4 Å². The molecule has 0 bridgehead atoms. The zero-order valence-electron chi connectivity index (χ0n) is 9.86. The molecule has 1 aromatic rings. The van der Waals surface area contributed by atoms with E-state index in [1.807, 2.05) is 6.07 Å². The van der Waals surface area contributed by atoms with Crippen LogP contribution in [-0.2, 0) is 29.6 Å². The zero-order valence-corrected chi connectivity index (χ0v) is 10.7. The Hall–Kier alpha value is -0.980. The topological polar surface area (TPSA) is 71.1 Å². The minimum absolute atomic E-state index is 0.233. The molecule has 94 valence electrons. The fourth-order valence-electron chi connectivity index (χ4n) is 1.97. The number of nitrogens with one attached hydrogen (secondary N) is 2. The fraction of sp³-hybridized carbons (Fsp3) is 0.545. The Balaban J connectivity index is 2.07. The maximum Gasteiger partial charge on any atom is 0.277 e. The van der Waals surface area contributed by atoms with Crippen molar-refractivity contribution < 1.29 is 8.42 Å². The predicted octanol–water partition coefficient (Wildman–Crippen LogP) is 0.514. The highest BCUT2D eigenvalue weighted by Crippen LogP contribution is 2.19. The quantitative estimate of drug-likeness (QED) is 0.823. The Morgan fingerprint density at radius 1 is 1.29 bits per heavy atom. The van der Waals surface area contributed by atoms with E-state index in [4.69, 9.17) is 0 Å². The van der Waals surface area contributed by atoms with E-state index in [-0.39, 0.29) is 6.54 Å². The lowest BCUT2D eigenvalue weighted by Gasteiger charge is -2.15. The highest BCUT2D eigenvalue weighted by atomic mass is 32.2. The summed E-state index contributed by atoms with van der Waals surface area (Å²) in [6.45, 7) is 0.233. The van der Waals surface area contributed by atoms with Crippen molar-refractivity contribution in [3.63, 3.8) is 0 Å². The molecule has 0 aromatic carbocycles. The summed E-state index contributed by atoms with van der Waals surface area (Å²) in [7, 11) is -2.00. The summed E-state index contributed by atoms with van der Waals surface area (Å²) in [4.78, 5) is 4.50. The highest BCUT2D eigenvalue weighted by molar-refractivity contribution is 7.87. The fourth-order valence-corrected chi connectivity index (χ4v) is 2.45. The first-order valence-corrected chi connectivity index (χ1v) is 7.25. The standard InChI is InChI=1S/C11H17N3O2S/c1-12-17(15,16)13-8-10-7-6-9-4-2-3-5-11(9)14-10/h6-7,12-13H,2-5,8H2,1H3. The molecular formula is C11H17N3O2S. The van der Waals surface area contributed by atoms with Crippen molar-refractivity contribution in [3.05, 3.63) is 29.1 Å². The second kappa shape index (κ2) is 5.12. The molecule has 0 unspecified atom stereocenters. The van der Waals surface area contributed by atoms with Gasteiger partial charge in [0.25, 0.3) is 10.2 Å². The monoisotopic (exact) mass is 255 g/mol. The molecule has 0 saturated heterocycles. The molecule has 1 heterocycles. The molecule has 0 fully saturated rings. The third-order valence-electron chi connectivity index (χ3n) is 2.95. The number of rotatable bonds is 4. The molecule has 2 N–H and O–H groups in total. The summed E-state index contributed by atoms with van der Waals surface area (Å²) in [5.74, 6) is 0. The minimum atomic E-state index is -3.38. The number of pyridine rings is 1. The summed E-state index contributed by atoms with van der Waals surface area (Å²) in [5, 5.41) is 0. The average Bonchev–Trinajstić information content (AvgIpc) is 2.36. The van der Waals surface area contributed by atoms with Gasteiger partial charge >= 0.3 is 0 Å². The number of hydrogen-bond acceptors (Lipinski definition) is 3. The minimum Gasteiger partial charge on any atom is -0.256 e. The van der Waals surface area contributed by atoms with Crippen LogP contribution in [0.15, 0.2) is 12.1 Å². The number of hydrogen-bond donors (Lipinski definition) is 2. The van der Waals surface area contributed by atoms with E-state index >= 15 is 0 Å². The molecule has 2 rings (SSSR count). The van der Waals surface area contributed by atoms with Gasteiger partial charge in [-0.05, 0) is 37.3 Å². The Kier molecular flexibility index (Phi) is 3.76. The van der Waals surface area contributed by atoms with Crippen LogP contribution in [0.25, 0.3) is 0 Å². The first-order valence-electron chi connectivity index (χ1n) is 5.76. The smallest absolute Gasteiger partial charge is 0.256 e. The lowest BCUT2D eigenvalue weighted by Crippen LogP contribution is -2.33. The van der Waals surface area contributed by atoms with E-state index < -0.39 is 10.2 Å². The molecule has 0 saturated carbocycles. The van der Waals surface area contributed by atoms with E-state index in [9.17, 15) is 8.42 Å². The van der Waals surface area contributed by atoms with Gasteiger partial charge in [0.1, 0.15) is 0 Å². The second-order valence-electron chi connectivity index (χ2n) is 4.14. The number of nitrogens with zero attached hydrogens (tertiary/aromatic N) is 1. The molecule has 1 aliphatic rings. The van der Waals surface area contributed by atoms with E-state index in [2.05, 4.69) is 20.5 Å².